The van der Waals surface area contributed by atoms with Crippen molar-refractivity contribution in [1.82, 2.24) is 15.0 Å². The third kappa shape index (κ3) is 2.95. The average molecular weight is 377 g/mol. The fraction of sp³-hybridized carbons (Fsp3) is 0.500. The summed E-state index contributed by atoms with van der Waals surface area (Å²) in [5.74, 6) is -3.05. The van der Waals surface area contributed by atoms with Crippen molar-refractivity contribution in [2.75, 3.05) is 11.6 Å². The van der Waals surface area contributed by atoms with Crippen molar-refractivity contribution >= 4 is 39.9 Å². The molecule has 2 N–H and O–H groups in total. The summed E-state index contributed by atoms with van der Waals surface area (Å²) in [5.41, 5.74) is -0.186. The molecule has 0 atom stereocenters. The van der Waals surface area contributed by atoms with E-state index in [1.165, 1.54) is 0 Å². The molecule has 10 heteroatoms. The van der Waals surface area contributed by atoms with E-state index >= 15 is 0 Å². The molecule has 0 fully saturated rings. The molecule has 0 saturated carbocycles. The van der Waals surface area contributed by atoms with Gasteiger partial charge in [-0.05, 0) is 18.0 Å². The lowest BCUT2D eigenvalue weighted by Gasteiger charge is -2.38. The van der Waals surface area contributed by atoms with Gasteiger partial charge in [0.05, 0.1) is 0 Å². The maximum atomic E-state index is 14.2. The second-order valence-electron chi connectivity index (χ2n) is 5.49. The van der Waals surface area contributed by atoms with Gasteiger partial charge in [0.1, 0.15) is 10.9 Å². The molecule has 2 aromatic rings. The van der Waals surface area contributed by atoms with E-state index in [0.717, 1.165) is 17.7 Å². The Balaban J connectivity index is 2.12. The van der Waals surface area contributed by atoms with Gasteiger partial charge in [0.25, 0.3) is 0 Å². The molecule has 24 heavy (non-hydrogen) atoms. The average Bonchev–Trinajstić information content (AvgIpc) is 2.52. The molecule has 1 aliphatic heterocycles. The smallest absolute Gasteiger partial charge is 0.250 e. The van der Waals surface area contributed by atoms with Crippen LogP contribution in [0.1, 0.15) is 32.6 Å². The number of halogens is 3. The lowest BCUT2D eigenvalue weighted by Crippen LogP contribution is -2.52. The zero-order valence-electron chi connectivity index (χ0n) is 12.8. The lowest BCUT2D eigenvalue weighted by atomic mass is 10.1. The van der Waals surface area contributed by atoms with E-state index < -0.39 is 16.9 Å². The van der Waals surface area contributed by atoms with Crippen molar-refractivity contribution in [1.29, 1.82) is 0 Å². The minimum Gasteiger partial charge on any atom is -0.455 e. The summed E-state index contributed by atoms with van der Waals surface area (Å²) < 4.78 is 19.6. The van der Waals surface area contributed by atoms with Crippen molar-refractivity contribution in [2.45, 2.75) is 38.5 Å². The van der Waals surface area contributed by atoms with Crippen molar-refractivity contribution in [3.05, 3.63) is 16.3 Å². The highest BCUT2D eigenvalue weighted by atomic mass is 35.5. The fourth-order valence-corrected chi connectivity index (χ4v) is 2.91. The van der Waals surface area contributed by atoms with E-state index in [4.69, 9.17) is 27.9 Å². The van der Waals surface area contributed by atoms with Crippen LogP contribution < -0.4 is 9.64 Å². The Labute approximate surface area is 147 Å². The van der Waals surface area contributed by atoms with Gasteiger partial charge in [0.15, 0.2) is 23.5 Å². The number of pyridine rings is 1. The highest BCUT2D eigenvalue weighted by Gasteiger charge is 2.38. The van der Waals surface area contributed by atoms with Gasteiger partial charge in [-0.1, -0.05) is 31.4 Å². The van der Waals surface area contributed by atoms with Gasteiger partial charge in [0, 0.05) is 6.42 Å². The van der Waals surface area contributed by atoms with E-state index in [1.54, 1.807) is 0 Å². The molecule has 0 radical (unpaired) electrons. The maximum absolute atomic E-state index is 14.2. The second kappa shape index (κ2) is 6.44. The third-order valence-corrected chi connectivity index (χ3v) is 4.22. The molecule has 130 valence electrons. The molecule has 3 rings (SSSR count). The highest BCUT2D eigenvalue weighted by molar-refractivity contribution is 6.31. The molecule has 2 aromatic heterocycles. The van der Waals surface area contributed by atoms with Crippen LogP contribution in [-0.2, 0) is 0 Å². The molecule has 0 spiro atoms. The fourth-order valence-electron chi connectivity index (χ4n) is 2.58. The van der Waals surface area contributed by atoms with Crippen LogP contribution in [0.25, 0.3) is 10.9 Å². The second-order valence-corrected chi connectivity index (χ2v) is 6.19. The normalized spacial score (nSPS) is 14.2. The van der Waals surface area contributed by atoms with Crippen LogP contribution in [0.4, 0.5) is 10.2 Å². The number of aliphatic hydroxyl groups is 2. The van der Waals surface area contributed by atoms with Gasteiger partial charge in [0.2, 0.25) is 17.1 Å². The van der Waals surface area contributed by atoms with Crippen LogP contribution in [0.15, 0.2) is 0 Å². The predicted molar refractivity (Wildman–Crippen MR) is 86.6 cm³/mol. The molecule has 0 bridgehead atoms. The zero-order valence-corrected chi connectivity index (χ0v) is 14.3. The summed E-state index contributed by atoms with van der Waals surface area (Å²) in [7, 11) is 0. The number of anilines is 1. The van der Waals surface area contributed by atoms with Crippen LogP contribution in [0.3, 0.4) is 0 Å². The molecule has 0 amide bonds. The maximum Gasteiger partial charge on any atom is 0.250 e. The summed E-state index contributed by atoms with van der Waals surface area (Å²) >= 11 is 11.6. The number of hydrogen-bond donors (Lipinski definition) is 2. The third-order valence-electron chi connectivity index (χ3n) is 3.80. The number of aromatic nitrogens is 3. The molecule has 0 aliphatic carbocycles. The minimum absolute atomic E-state index is 0.0173. The van der Waals surface area contributed by atoms with Crippen molar-refractivity contribution < 1.29 is 19.3 Å². The van der Waals surface area contributed by atoms with Crippen molar-refractivity contribution in [3.8, 4) is 5.88 Å². The zero-order chi connectivity index (χ0) is 17.5. The quantitative estimate of drug-likeness (QED) is 0.358. The van der Waals surface area contributed by atoms with Gasteiger partial charge < -0.3 is 14.9 Å². The van der Waals surface area contributed by atoms with E-state index in [9.17, 15) is 14.6 Å². The molecule has 7 nitrogen and oxygen atoms in total. The Hall–Kier alpha value is -1.48. The van der Waals surface area contributed by atoms with E-state index in [-0.39, 0.29) is 41.0 Å². The predicted octanol–water partition coefficient (Wildman–Crippen LogP) is 2.85. The minimum atomic E-state index is -2.23. The van der Waals surface area contributed by atoms with E-state index in [1.807, 2.05) is 6.92 Å². The van der Waals surface area contributed by atoms with Gasteiger partial charge in [-0.3, -0.25) is 4.90 Å². The highest BCUT2D eigenvalue weighted by Crippen LogP contribution is 2.40. The Kier molecular flexibility index (Phi) is 4.65. The Morgan fingerprint density at radius 1 is 1.25 bits per heavy atom. The molecule has 0 aromatic carbocycles. The monoisotopic (exact) mass is 376 g/mol. The summed E-state index contributed by atoms with van der Waals surface area (Å²) in [6.45, 7) is 1.76. The Morgan fingerprint density at radius 2 is 2.00 bits per heavy atom. The largest absolute Gasteiger partial charge is 0.455 e. The SMILES string of the molecule is CCCCCC(O)(O)N1COc2nc(Cl)c(F)c3nc(Cl)nc1c23. The van der Waals surface area contributed by atoms with Crippen molar-refractivity contribution in [2.24, 2.45) is 0 Å². The standard InChI is InChI=1S/C14H15Cl2FN4O3/c1-2-3-4-5-14(22,23)21-6-24-12-7-9(8(17)10(15)19-12)18-13(16)20-11(7)21/h22-23H,2-6H2,1H3. The first-order valence-electron chi connectivity index (χ1n) is 7.42. The van der Waals surface area contributed by atoms with Gasteiger partial charge in [-0.2, -0.15) is 9.97 Å². The van der Waals surface area contributed by atoms with E-state index in [0.29, 0.717) is 6.42 Å². The van der Waals surface area contributed by atoms with Crippen LogP contribution >= 0.6 is 23.2 Å². The Bertz CT molecular complexity index is 790. The van der Waals surface area contributed by atoms with Crippen LogP contribution in [0.5, 0.6) is 5.88 Å². The molecular weight excluding hydrogens is 362 g/mol. The summed E-state index contributed by atoms with van der Waals surface area (Å²) in [4.78, 5) is 12.7. The van der Waals surface area contributed by atoms with E-state index in [2.05, 4.69) is 15.0 Å². The number of rotatable bonds is 5. The first-order chi connectivity index (χ1) is 11.3. The Morgan fingerprint density at radius 3 is 2.71 bits per heavy atom. The first kappa shape index (κ1) is 17.3. The molecule has 3 heterocycles. The molecule has 1 aliphatic rings. The van der Waals surface area contributed by atoms with Gasteiger partial charge in [-0.15, -0.1) is 0 Å². The first-order valence-corrected chi connectivity index (χ1v) is 8.18. The topological polar surface area (TPSA) is 91.6 Å². The molecule has 0 saturated heterocycles. The molecule has 0 unspecified atom stereocenters. The van der Waals surface area contributed by atoms with Crippen LogP contribution in [0.2, 0.25) is 10.4 Å². The molecular formula is C14H15Cl2FN4O3. The number of nitrogens with zero attached hydrogens (tertiary/aromatic N) is 4. The van der Waals surface area contributed by atoms with Gasteiger partial charge in [-0.25, -0.2) is 9.37 Å². The van der Waals surface area contributed by atoms with Crippen LogP contribution in [-0.4, -0.2) is 37.8 Å². The van der Waals surface area contributed by atoms with Gasteiger partial charge >= 0.3 is 0 Å². The summed E-state index contributed by atoms with van der Waals surface area (Å²) in [6, 6.07) is 0. The number of ether oxygens (including phenoxy) is 1. The number of unbranched alkanes of at least 4 members (excludes halogenated alkanes) is 2. The summed E-state index contributed by atoms with van der Waals surface area (Å²) in [5, 5.41) is 20.3. The lowest BCUT2D eigenvalue weighted by molar-refractivity contribution is -0.172. The van der Waals surface area contributed by atoms with Crippen molar-refractivity contribution in [3.63, 3.8) is 0 Å². The number of hydrogen-bond acceptors (Lipinski definition) is 7. The summed E-state index contributed by atoms with van der Waals surface area (Å²) in [6.07, 6.45) is 2.40. The van der Waals surface area contributed by atoms with Crippen LogP contribution in [0, 0.1) is 5.82 Å².